The Hall–Kier alpha value is -3.22. The Morgan fingerprint density at radius 2 is 1.94 bits per heavy atom. The second-order valence-electron chi connectivity index (χ2n) is 8.68. The fraction of sp³-hybridized carbons (Fsp3) is 0.440. The van der Waals surface area contributed by atoms with E-state index in [4.69, 9.17) is 9.47 Å². The average molecular weight is 436 g/mol. The van der Waals surface area contributed by atoms with Crippen LogP contribution >= 0.6 is 0 Å². The van der Waals surface area contributed by atoms with Gasteiger partial charge in [0.05, 0.1) is 31.6 Å². The third-order valence-corrected chi connectivity index (χ3v) is 6.99. The number of amides is 2. The summed E-state index contributed by atoms with van der Waals surface area (Å²) in [5, 5.41) is 0. The number of carbonyl (C=O) groups excluding carboxylic acids is 2. The van der Waals surface area contributed by atoms with Crippen molar-refractivity contribution in [3.63, 3.8) is 0 Å². The van der Waals surface area contributed by atoms with Crippen molar-refractivity contribution in [2.75, 3.05) is 36.6 Å². The summed E-state index contributed by atoms with van der Waals surface area (Å²) >= 11 is 0. The molecule has 0 radical (unpaired) electrons. The SMILES string of the molecule is CCOC(=O)N1CC[C@H]2[C@@H](C1)c1cccc3c1N2C(C)C(=O)N3Cc1ccc(OC)cc1. The molecule has 2 aromatic rings. The molecule has 5 rings (SSSR count). The number of ether oxygens (including phenoxy) is 2. The summed E-state index contributed by atoms with van der Waals surface area (Å²) < 4.78 is 10.5. The topological polar surface area (TPSA) is 62.3 Å². The summed E-state index contributed by atoms with van der Waals surface area (Å²) in [5.74, 6) is 1.09. The van der Waals surface area contributed by atoms with Crippen LogP contribution in [0.4, 0.5) is 16.2 Å². The summed E-state index contributed by atoms with van der Waals surface area (Å²) in [4.78, 5) is 31.9. The van der Waals surface area contributed by atoms with Crippen molar-refractivity contribution in [1.29, 1.82) is 0 Å². The lowest BCUT2D eigenvalue weighted by molar-refractivity contribution is -0.120. The summed E-state index contributed by atoms with van der Waals surface area (Å²) in [6, 6.07) is 14.1. The standard InChI is InChI=1S/C25H29N3O4/c1-4-32-25(30)26-13-12-21-20(15-26)19-6-5-7-22-23(19)28(21)16(2)24(29)27(22)14-17-8-10-18(31-3)11-9-17/h5-11,16,20-21H,4,12-15H2,1-3H3/t16?,20-,21-/m0/s1. The summed E-state index contributed by atoms with van der Waals surface area (Å²) in [5.41, 5.74) is 4.38. The van der Waals surface area contributed by atoms with Crippen molar-refractivity contribution in [3.8, 4) is 5.75 Å². The Kier molecular flexibility index (Phi) is 5.19. The zero-order valence-electron chi connectivity index (χ0n) is 18.8. The van der Waals surface area contributed by atoms with Gasteiger partial charge in [0.1, 0.15) is 11.8 Å². The first kappa shape index (κ1) is 20.7. The third kappa shape index (κ3) is 3.18. The Labute approximate surface area is 188 Å². The molecular weight excluding hydrogens is 406 g/mol. The van der Waals surface area contributed by atoms with Crippen LogP contribution in [0.2, 0.25) is 0 Å². The van der Waals surface area contributed by atoms with E-state index in [2.05, 4.69) is 11.0 Å². The van der Waals surface area contributed by atoms with Gasteiger partial charge in [0.25, 0.3) is 0 Å². The van der Waals surface area contributed by atoms with Crippen molar-refractivity contribution in [2.24, 2.45) is 0 Å². The van der Waals surface area contributed by atoms with Crippen LogP contribution in [0, 0.1) is 0 Å². The zero-order chi connectivity index (χ0) is 22.4. The number of carbonyl (C=O) groups is 2. The molecule has 0 saturated carbocycles. The Morgan fingerprint density at radius 1 is 1.16 bits per heavy atom. The van der Waals surface area contributed by atoms with Gasteiger partial charge in [0, 0.05) is 25.0 Å². The molecule has 7 nitrogen and oxygen atoms in total. The summed E-state index contributed by atoms with van der Waals surface area (Å²) in [7, 11) is 1.65. The van der Waals surface area contributed by atoms with Crippen LogP contribution in [0.5, 0.6) is 5.75 Å². The highest BCUT2D eigenvalue weighted by atomic mass is 16.6. The molecule has 168 valence electrons. The van der Waals surface area contributed by atoms with Crippen molar-refractivity contribution in [1.82, 2.24) is 4.90 Å². The molecule has 3 aliphatic rings. The first-order chi connectivity index (χ1) is 15.5. The van der Waals surface area contributed by atoms with E-state index in [1.165, 1.54) is 5.56 Å². The van der Waals surface area contributed by atoms with Gasteiger partial charge < -0.3 is 24.2 Å². The second kappa shape index (κ2) is 8.04. The molecule has 1 saturated heterocycles. The molecule has 3 atom stereocenters. The lowest BCUT2D eigenvalue weighted by Crippen LogP contribution is -2.56. The first-order valence-corrected chi connectivity index (χ1v) is 11.3. The largest absolute Gasteiger partial charge is 0.497 e. The number of rotatable bonds is 4. The van der Waals surface area contributed by atoms with Crippen LogP contribution in [0.15, 0.2) is 42.5 Å². The maximum absolute atomic E-state index is 13.5. The fourth-order valence-electron chi connectivity index (χ4n) is 5.49. The number of piperidine rings is 1. The van der Waals surface area contributed by atoms with Gasteiger partial charge in [0.15, 0.2) is 0 Å². The predicted molar refractivity (Wildman–Crippen MR) is 122 cm³/mol. The van der Waals surface area contributed by atoms with Gasteiger partial charge in [0.2, 0.25) is 5.91 Å². The van der Waals surface area contributed by atoms with E-state index in [0.29, 0.717) is 26.2 Å². The Balaban J connectivity index is 1.49. The van der Waals surface area contributed by atoms with Crippen LogP contribution in [0.1, 0.15) is 37.3 Å². The average Bonchev–Trinajstić information content (AvgIpc) is 3.15. The number of nitrogens with zero attached hydrogens (tertiary/aromatic N) is 3. The van der Waals surface area contributed by atoms with E-state index < -0.39 is 0 Å². The lowest BCUT2D eigenvalue weighted by Gasteiger charge is -2.44. The monoisotopic (exact) mass is 435 g/mol. The maximum atomic E-state index is 13.5. The second-order valence-corrected chi connectivity index (χ2v) is 8.68. The molecule has 2 aromatic carbocycles. The van der Waals surface area contributed by atoms with Gasteiger partial charge in [-0.05, 0) is 49.6 Å². The minimum Gasteiger partial charge on any atom is -0.497 e. The van der Waals surface area contributed by atoms with E-state index in [1.807, 2.05) is 60.0 Å². The molecule has 0 spiro atoms. The lowest BCUT2D eigenvalue weighted by atomic mass is 9.89. The first-order valence-electron chi connectivity index (χ1n) is 11.3. The number of fused-ring (bicyclic) bond motifs is 3. The zero-order valence-corrected chi connectivity index (χ0v) is 18.8. The van der Waals surface area contributed by atoms with Crippen molar-refractivity contribution in [2.45, 2.75) is 44.8 Å². The molecule has 1 unspecified atom stereocenters. The highest BCUT2D eigenvalue weighted by Crippen LogP contribution is 2.52. The van der Waals surface area contributed by atoms with Crippen molar-refractivity contribution in [3.05, 3.63) is 53.6 Å². The molecule has 2 amide bonds. The molecule has 1 fully saturated rings. The van der Waals surface area contributed by atoms with Crippen molar-refractivity contribution >= 4 is 23.4 Å². The van der Waals surface area contributed by atoms with E-state index in [9.17, 15) is 9.59 Å². The minimum absolute atomic E-state index is 0.110. The van der Waals surface area contributed by atoms with Gasteiger partial charge in [-0.25, -0.2) is 4.79 Å². The molecule has 3 heterocycles. The number of para-hydroxylation sites is 1. The Morgan fingerprint density at radius 3 is 2.66 bits per heavy atom. The normalized spacial score (nSPS) is 23.7. The van der Waals surface area contributed by atoms with Gasteiger partial charge in [-0.15, -0.1) is 0 Å². The highest BCUT2D eigenvalue weighted by Gasteiger charge is 2.50. The van der Waals surface area contributed by atoms with Crippen LogP contribution < -0.4 is 14.5 Å². The molecular formula is C25H29N3O4. The van der Waals surface area contributed by atoms with Crippen LogP contribution in [-0.4, -0.2) is 55.8 Å². The van der Waals surface area contributed by atoms with Crippen LogP contribution in [-0.2, 0) is 16.1 Å². The molecule has 32 heavy (non-hydrogen) atoms. The number of benzene rings is 2. The quantitative estimate of drug-likeness (QED) is 0.732. The number of methoxy groups -OCH3 is 1. The van der Waals surface area contributed by atoms with Gasteiger partial charge in [-0.1, -0.05) is 24.3 Å². The number of hydrogen-bond donors (Lipinski definition) is 0. The number of hydrogen-bond acceptors (Lipinski definition) is 5. The number of anilines is 2. The minimum atomic E-state index is -0.248. The van der Waals surface area contributed by atoms with Crippen LogP contribution in [0.3, 0.4) is 0 Å². The number of likely N-dealkylation sites (tertiary alicyclic amines) is 1. The molecule has 0 bridgehead atoms. The summed E-state index contributed by atoms with van der Waals surface area (Å²) in [6.07, 6.45) is 0.579. The molecule has 3 aliphatic heterocycles. The fourth-order valence-corrected chi connectivity index (χ4v) is 5.49. The van der Waals surface area contributed by atoms with Crippen molar-refractivity contribution < 1.29 is 19.1 Å². The predicted octanol–water partition coefficient (Wildman–Crippen LogP) is 3.76. The molecule has 0 N–H and O–H groups in total. The van der Waals surface area contributed by atoms with Gasteiger partial charge in [-0.2, -0.15) is 0 Å². The van der Waals surface area contributed by atoms with Crippen LogP contribution in [0.25, 0.3) is 0 Å². The molecule has 0 aromatic heterocycles. The molecule has 0 aliphatic carbocycles. The smallest absolute Gasteiger partial charge is 0.409 e. The third-order valence-electron chi connectivity index (χ3n) is 6.99. The van der Waals surface area contributed by atoms with E-state index >= 15 is 0 Å². The van der Waals surface area contributed by atoms with E-state index in [0.717, 1.165) is 29.1 Å². The van der Waals surface area contributed by atoms with E-state index in [-0.39, 0.29) is 30.0 Å². The highest BCUT2D eigenvalue weighted by molar-refractivity contribution is 6.07. The summed E-state index contributed by atoms with van der Waals surface area (Å²) in [6.45, 7) is 6.00. The Bertz CT molecular complexity index is 1040. The van der Waals surface area contributed by atoms with E-state index in [1.54, 1.807) is 7.11 Å². The maximum Gasteiger partial charge on any atom is 0.409 e. The van der Waals surface area contributed by atoms with Gasteiger partial charge in [-0.3, -0.25) is 4.79 Å². The van der Waals surface area contributed by atoms with Gasteiger partial charge >= 0.3 is 6.09 Å². The molecule has 7 heteroatoms.